The van der Waals surface area contributed by atoms with Crippen LogP contribution in [0.25, 0.3) is 0 Å². The van der Waals surface area contributed by atoms with Gasteiger partial charge in [0.25, 0.3) is 5.91 Å². The van der Waals surface area contributed by atoms with Gasteiger partial charge in [0.2, 0.25) is 11.8 Å². The second kappa shape index (κ2) is 14.7. The van der Waals surface area contributed by atoms with Crippen LogP contribution in [0.2, 0.25) is 0 Å². The molecule has 0 bridgehead atoms. The molecule has 0 saturated carbocycles. The summed E-state index contributed by atoms with van der Waals surface area (Å²) in [5.41, 5.74) is 4.04. The monoisotopic (exact) mass is 676 g/mol. The van der Waals surface area contributed by atoms with E-state index in [1.807, 2.05) is 28.7 Å². The maximum atomic E-state index is 14.6. The Balaban J connectivity index is 2.23. The molecule has 9 nitrogen and oxygen atoms in total. The fourth-order valence-electron chi connectivity index (χ4n) is 4.71. The number of halogens is 3. The Kier molecular flexibility index (Phi) is 11.4. The molecule has 12 heteroatoms. The van der Waals surface area contributed by atoms with E-state index in [4.69, 9.17) is 5.84 Å². The number of nitrogens with two attached hydrogens (primary N) is 1. The van der Waals surface area contributed by atoms with Gasteiger partial charge >= 0.3 is 0 Å². The van der Waals surface area contributed by atoms with Crippen molar-refractivity contribution >= 4 is 46.0 Å². The molecule has 1 unspecified atom stereocenters. The Labute approximate surface area is 251 Å². The van der Waals surface area contributed by atoms with Gasteiger partial charge in [-0.2, -0.15) is 5.26 Å². The molecule has 1 heterocycles. The van der Waals surface area contributed by atoms with Crippen molar-refractivity contribution in [3.05, 3.63) is 87.3 Å². The second-order valence-corrected chi connectivity index (χ2v) is 10.5. The molecule has 0 aliphatic carbocycles. The van der Waals surface area contributed by atoms with E-state index in [1.165, 1.54) is 21.9 Å². The molecule has 1 aliphatic rings. The average molecular weight is 677 g/mol. The molecule has 2 aromatic rings. The van der Waals surface area contributed by atoms with Crippen LogP contribution in [-0.4, -0.2) is 48.1 Å². The lowest BCUT2D eigenvalue weighted by Gasteiger charge is -2.37. The maximum Gasteiger partial charge on any atom is 0.251 e. The van der Waals surface area contributed by atoms with Crippen LogP contribution in [0, 0.1) is 14.9 Å². The van der Waals surface area contributed by atoms with Crippen LogP contribution >= 0.6 is 22.6 Å². The Morgan fingerprint density at radius 1 is 1.29 bits per heavy atom. The molecular formula is C29H31F2IN6O3. The number of rotatable bonds is 12. The number of carbonyl (C=O) groups excluding carboxylic acids is 3. The molecule has 3 rings (SSSR count). The summed E-state index contributed by atoms with van der Waals surface area (Å²) in [5, 5.41) is 11.9. The van der Waals surface area contributed by atoms with Crippen LogP contribution in [0.4, 0.5) is 14.5 Å². The van der Waals surface area contributed by atoms with E-state index in [0.717, 1.165) is 0 Å². The van der Waals surface area contributed by atoms with Crippen molar-refractivity contribution in [2.45, 2.75) is 44.3 Å². The zero-order valence-corrected chi connectivity index (χ0v) is 24.6. The minimum atomic E-state index is -1.36. The molecule has 3 amide bonds. The van der Waals surface area contributed by atoms with E-state index in [-0.39, 0.29) is 30.9 Å². The average Bonchev–Trinajstić information content (AvgIpc) is 3.38. The van der Waals surface area contributed by atoms with Crippen LogP contribution in [-0.2, 0) is 14.4 Å². The summed E-state index contributed by atoms with van der Waals surface area (Å²) in [6, 6.07) is 11.7. The number of hydrogen-bond acceptors (Lipinski definition) is 6. The number of alkyl halides is 2. The van der Waals surface area contributed by atoms with Gasteiger partial charge in [-0.1, -0.05) is 30.8 Å². The summed E-state index contributed by atoms with van der Waals surface area (Å²) in [4.78, 5) is 44.1. The first kappa shape index (κ1) is 31.7. The Morgan fingerprint density at radius 3 is 2.63 bits per heavy atom. The first-order valence-corrected chi connectivity index (χ1v) is 13.9. The minimum absolute atomic E-state index is 0.0580. The Morgan fingerprint density at radius 2 is 2.02 bits per heavy atom. The molecule has 216 valence electrons. The summed E-state index contributed by atoms with van der Waals surface area (Å²) >= 11 is 2.03. The third kappa shape index (κ3) is 7.09. The molecule has 1 aliphatic heterocycles. The van der Waals surface area contributed by atoms with Gasteiger partial charge in [-0.3, -0.25) is 34.4 Å². The summed E-state index contributed by atoms with van der Waals surface area (Å²) in [7, 11) is 0. The normalized spacial score (nSPS) is 16.7. The number of nitriles is 1. The van der Waals surface area contributed by atoms with E-state index in [2.05, 4.69) is 17.3 Å². The van der Waals surface area contributed by atoms with E-state index in [9.17, 15) is 28.4 Å². The molecule has 3 atom stereocenters. The van der Waals surface area contributed by atoms with Gasteiger partial charge in [-0.15, -0.1) is 0 Å². The molecular weight excluding hydrogens is 645 g/mol. The number of hydrazine groups is 1. The third-order valence-corrected chi connectivity index (χ3v) is 7.72. The number of amides is 3. The highest BCUT2D eigenvalue weighted by atomic mass is 127. The van der Waals surface area contributed by atoms with E-state index < -0.39 is 43.3 Å². The maximum absolute atomic E-state index is 14.6. The summed E-state index contributed by atoms with van der Waals surface area (Å²) < 4.78 is 27.5. The van der Waals surface area contributed by atoms with Crippen molar-refractivity contribution in [2.75, 3.05) is 18.2 Å². The number of anilines is 1. The van der Waals surface area contributed by atoms with Crippen molar-refractivity contribution in [3.63, 3.8) is 0 Å². The standard InChI is InChI=1S/C29H31F2IN6O3/c1-3-24(18(2)36-34)38(27(22-9-4-5-10-23(22)32)28(40)35-20(16-31)13-14-30)29(41)25-11-12-26(39)37(25)21-8-6-7-19(15-21)17-33/h3-10,15,20,25,27,36H,1,11-14,16,34H2,2H3,(H,35,40)/b24-18-/t20?,25-,27-/m0/s1. The molecule has 0 radical (unpaired) electrons. The predicted molar refractivity (Wildman–Crippen MR) is 159 cm³/mol. The molecule has 1 saturated heterocycles. The van der Waals surface area contributed by atoms with E-state index >= 15 is 0 Å². The number of hydrogen-bond donors (Lipinski definition) is 3. The Hall–Kier alpha value is -3.83. The number of carbonyl (C=O) groups is 3. The largest absolute Gasteiger partial charge is 0.349 e. The fourth-order valence-corrected chi connectivity index (χ4v) is 5.39. The minimum Gasteiger partial charge on any atom is -0.349 e. The van der Waals surface area contributed by atoms with E-state index in [0.29, 0.717) is 26.1 Å². The smallest absolute Gasteiger partial charge is 0.251 e. The second-order valence-electron chi connectivity index (χ2n) is 9.31. The van der Waals surface area contributed by atoms with Gasteiger partial charge in [-0.05, 0) is 78.3 Å². The summed E-state index contributed by atoms with van der Waals surface area (Å²) in [5.74, 6) is 4.02. The quantitative estimate of drug-likeness (QED) is 0.135. The van der Waals surface area contributed by atoms with Crippen LogP contribution < -0.4 is 21.5 Å². The lowest BCUT2D eigenvalue weighted by molar-refractivity contribution is -0.140. The van der Waals surface area contributed by atoms with Crippen molar-refractivity contribution in [1.29, 1.82) is 5.26 Å². The SMILES string of the molecule is C=C/C(=C(\C)NN)N(C(=O)[C@@H]1CCC(=O)N1c1cccc(C#N)c1)[C@H](C(=O)NC(CF)CCF)c1ccccc1I. The molecule has 41 heavy (non-hydrogen) atoms. The zero-order chi connectivity index (χ0) is 30.1. The lowest BCUT2D eigenvalue weighted by Crippen LogP contribution is -2.52. The number of allylic oxidation sites excluding steroid dienone is 2. The Bertz CT molecular complexity index is 1380. The topological polar surface area (TPSA) is 132 Å². The molecule has 1 fully saturated rings. The van der Waals surface area contributed by atoms with Crippen molar-refractivity contribution in [3.8, 4) is 6.07 Å². The zero-order valence-electron chi connectivity index (χ0n) is 22.4. The van der Waals surface area contributed by atoms with Crippen LogP contribution in [0.3, 0.4) is 0 Å². The number of nitrogens with zero attached hydrogens (tertiary/aromatic N) is 3. The van der Waals surface area contributed by atoms with Gasteiger partial charge in [0.05, 0.1) is 30.0 Å². The molecule has 2 aromatic carbocycles. The van der Waals surface area contributed by atoms with Crippen molar-refractivity contribution in [2.24, 2.45) is 5.84 Å². The van der Waals surface area contributed by atoms with Gasteiger partial charge in [0, 0.05) is 21.4 Å². The van der Waals surface area contributed by atoms with Gasteiger partial charge in [0.15, 0.2) is 0 Å². The fraction of sp³-hybridized carbons (Fsp3) is 0.310. The molecule has 4 N–H and O–H groups in total. The lowest BCUT2D eigenvalue weighted by atomic mass is 10.00. The van der Waals surface area contributed by atoms with Gasteiger partial charge in [0.1, 0.15) is 18.8 Å². The number of benzene rings is 2. The van der Waals surface area contributed by atoms with Gasteiger partial charge in [-0.25, -0.2) is 4.39 Å². The summed E-state index contributed by atoms with van der Waals surface area (Å²) in [6.45, 7) is 3.57. The molecule has 0 spiro atoms. The number of nitrogens with one attached hydrogen (secondary N) is 2. The highest BCUT2D eigenvalue weighted by molar-refractivity contribution is 14.1. The van der Waals surface area contributed by atoms with E-state index in [1.54, 1.807) is 49.4 Å². The van der Waals surface area contributed by atoms with Crippen LogP contribution in [0.1, 0.15) is 43.4 Å². The first-order valence-electron chi connectivity index (χ1n) is 12.8. The van der Waals surface area contributed by atoms with Crippen LogP contribution in [0.15, 0.2) is 72.6 Å². The van der Waals surface area contributed by atoms with Crippen molar-refractivity contribution in [1.82, 2.24) is 15.6 Å². The highest BCUT2D eigenvalue weighted by Gasteiger charge is 2.44. The summed E-state index contributed by atoms with van der Waals surface area (Å²) in [6.07, 6.45) is 1.30. The highest BCUT2D eigenvalue weighted by Crippen LogP contribution is 2.35. The van der Waals surface area contributed by atoms with Crippen LogP contribution in [0.5, 0.6) is 0 Å². The first-order chi connectivity index (χ1) is 19.7. The van der Waals surface area contributed by atoms with Gasteiger partial charge < -0.3 is 10.7 Å². The third-order valence-electron chi connectivity index (χ3n) is 6.74. The van der Waals surface area contributed by atoms with Crippen molar-refractivity contribution < 1.29 is 23.2 Å². The predicted octanol–water partition coefficient (Wildman–Crippen LogP) is 3.92. The molecule has 0 aromatic heterocycles.